The van der Waals surface area contributed by atoms with Crippen molar-refractivity contribution in [1.29, 1.82) is 0 Å². The summed E-state index contributed by atoms with van der Waals surface area (Å²) in [6.45, 7) is 0. The topological polar surface area (TPSA) is 9.23 Å². The third-order valence-corrected chi connectivity index (χ3v) is 4.60. The minimum Gasteiger partial charge on any atom is -0.381 e. The molecule has 0 amide bonds. The normalized spacial score (nSPS) is 25.6. The Bertz CT molecular complexity index is 291. The van der Waals surface area contributed by atoms with Gasteiger partial charge in [0, 0.05) is 17.8 Å². The largest absolute Gasteiger partial charge is 0.381 e. The van der Waals surface area contributed by atoms with Crippen LogP contribution in [0.15, 0.2) is 35.2 Å². The molecule has 0 unspecified atom stereocenters. The molecule has 16 heavy (non-hydrogen) atoms. The molecule has 1 saturated carbocycles. The Labute approximate surface area is 103 Å². The van der Waals surface area contributed by atoms with Gasteiger partial charge in [-0.2, -0.15) is 0 Å². The van der Waals surface area contributed by atoms with E-state index in [9.17, 15) is 0 Å². The van der Waals surface area contributed by atoms with Crippen molar-refractivity contribution in [3.63, 3.8) is 0 Å². The van der Waals surface area contributed by atoms with Crippen molar-refractivity contribution in [2.24, 2.45) is 5.92 Å². The molecule has 0 aliphatic heterocycles. The van der Waals surface area contributed by atoms with Gasteiger partial charge in [-0.15, -0.1) is 11.8 Å². The number of benzene rings is 1. The zero-order chi connectivity index (χ0) is 11.2. The Hall–Kier alpha value is -0.470. The van der Waals surface area contributed by atoms with Crippen molar-refractivity contribution in [2.45, 2.75) is 36.7 Å². The molecule has 88 valence electrons. The average molecular weight is 236 g/mol. The average Bonchev–Trinajstić information content (AvgIpc) is 2.38. The summed E-state index contributed by atoms with van der Waals surface area (Å²) in [6.07, 6.45) is 5.68. The van der Waals surface area contributed by atoms with Crippen molar-refractivity contribution in [1.82, 2.24) is 0 Å². The summed E-state index contributed by atoms with van der Waals surface area (Å²) < 4.78 is 5.40. The van der Waals surface area contributed by atoms with E-state index in [0.29, 0.717) is 6.10 Å². The summed E-state index contributed by atoms with van der Waals surface area (Å²) in [7, 11) is 1.84. The van der Waals surface area contributed by atoms with Crippen LogP contribution in [0.4, 0.5) is 0 Å². The molecule has 1 fully saturated rings. The third kappa shape index (κ3) is 3.53. The number of hydrogen-bond acceptors (Lipinski definition) is 2. The lowest BCUT2D eigenvalue weighted by atomic mass is 9.89. The molecule has 0 N–H and O–H groups in total. The number of methoxy groups -OCH3 is 1. The molecule has 1 aromatic carbocycles. The molecule has 0 heterocycles. The van der Waals surface area contributed by atoms with Gasteiger partial charge in [0.25, 0.3) is 0 Å². The molecule has 0 saturated heterocycles. The molecule has 0 aromatic heterocycles. The highest BCUT2D eigenvalue weighted by Crippen LogP contribution is 2.30. The number of hydrogen-bond donors (Lipinski definition) is 0. The van der Waals surface area contributed by atoms with E-state index in [1.165, 1.54) is 36.3 Å². The standard InChI is InChI=1S/C14H20OS/c1-15-13-9-7-12(8-10-13)11-16-14-5-3-2-4-6-14/h2-6,12-13H,7-11H2,1H3. The van der Waals surface area contributed by atoms with Crippen molar-refractivity contribution >= 4 is 11.8 Å². The third-order valence-electron chi connectivity index (χ3n) is 3.36. The van der Waals surface area contributed by atoms with Crippen LogP contribution >= 0.6 is 11.8 Å². The smallest absolute Gasteiger partial charge is 0.0571 e. The molecular weight excluding hydrogens is 216 g/mol. The molecular formula is C14H20OS. The van der Waals surface area contributed by atoms with Gasteiger partial charge in [-0.05, 0) is 43.7 Å². The predicted octanol–water partition coefficient (Wildman–Crippen LogP) is 3.98. The molecule has 2 heteroatoms. The molecule has 1 aliphatic carbocycles. The summed E-state index contributed by atoms with van der Waals surface area (Å²) in [5.74, 6) is 2.15. The molecule has 0 bridgehead atoms. The summed E-state index contributed by atoms with van der Waals surface area (Å²) in [5.41, 5.74) is 0. The van der Waals surface area contributed by atoms with E-state index >= 15 is 0 Å². The lowest BCUT2D eigenvalue weighted by molar-refractivity contribution is 0.0599. The number of ether oxygens (including phenoxy) is 1. The Morgan fingerprint density at radius 1 is 1.12 bits per heavy atom. The summed E-state index contributed by atoms with van der Waals surface area (Å²) in [5, 5.41) is 0. The number of rotatable bonds is 4. The van der Waals surface area contributed by atoms with Gasteiger partial charge in [-0.25, -0.2) is 0 Å². The van der Waals surface area contributed by atoms with E-state index in [2.05, 4.69) is 30.3 Å². The molecule has 0 spiro atoms. The SMILES string of the molecule is COC1CCC(CSc2ccccc2)CC1. The van der Waals surface area contributed by atoms with Crippen molar-refractivity contribution in [2.75, 3.05) is 12.9 Å². The van der Waals surface area contributed by atoms with Crippen molar-refractivity contribution in [3.05, 3.63) is 30.3 Å². The van der Waals surface area contributed by atoms with Crippen LogP contribution in [0.3, 0.4) is 0 Å². The first-order valence-corrected chi connectivity index (χ1v) is 7.07. The maximum absolute atomic E-state index is 5.40. The van der Waals surface area contributed by atoms with Crippen LogP contribution in [-0.2, 0) is 4.74 Å². The van der Waals surface area contributed by atoms with Crippen LogP contribution in [0.1, 0.15) is 25.7 Å². The predicted molar refractivity (Wildman–Crippen MR) is 69.9 cm³/mol. The second kappa shape index (κ2) is 6.31. The monoisotopic (exact) mass is 236 g/mol. The first kappa shape index (κ1) is 12.0. The second-order valence-corrected chi connectivity index (χ2v) is 5.60. The highest BCUT2D eigenvalue weighted by molar-refractivity contribution is 7.99. The van der Waals surface area contributed by atoms with E-state index in [-0.39, 0.29) is 0 Å². The summed E-state index contributed by atoms with van der Waals surface area (Å²) in [4.78, 5) is 1.40. The Kier molecular flexibility index (Phi) is 4.73. The lowest BCUT2D eigenvalue weighted by Crippen LogP contribution is -2.21. The van der Waals surface area contributed by atoms with Crippen LogP contribution in [0.25, 0.3) is 0 Å². The molecule has 0 atom stereocenters. The molecule has 1 nitrogen and oxygen atoms in total. The van der Waals surface area contributed by atoms with Crippen LogP contribution < -0.4 is 0 Å². The van der Waals surface area contributed by atoms with Gasteiger partial charge in [-0.1, -0.05) is 18.2 Å². The lowest BCUT2D eigenvalue weighted by Gasteiger charge is -2.27. The summed E-state index contributed by atoms with van der Waals surface area (Å²) in [6, 6.07) is 10.7. The van der Waals surface area contributed by atoms with E-state index in [1.54, 1.807) is 0 Å². The van der Waals surface area contributed by atoms with E-state index in [4.69, 9.17) is 4.74 Å². The minimum absolute atomic E-state index is 0.526. The Morgan fingerprint density at radius 2 is 1.81 bits per heavy atom. The maximum atomic E-state index is 5.40. The van der Waals surface area contributed by atoms with Gasteiger partial charge in [0.1, 0.15) is 0 Å². The first-order valence-electron chi connectivity index (χ1n) is 6.09. The van der Waals surface area contributed by atoms with Gasteiger partial charge in [-0.3, -0.25) is 0 Å². The second-order valence-electron chi connectivity index (χ2n) is 4.50. The molecule has 0 radical (unpaired) electrons. The van der Waals surface area contributed by atoms with Gasteiger partial charge in [0.15, 0.2) is 0 Å². The molecule has 1 aromatic rings. The molecule has 2 rings (SSSR count). The van der Waals surface area contributed by atoms with Crippen LogP contribution in [0.2, 0.25) is 0 Å². The zero-order valence-corrected chi connectivity index (χ0v) is 10.7. The fraction of sp³-hybridized carbons (Fsp3) is 0.571. The quantitative estimate of drug-likeness (QED) is 0.731. The number of thioether (sulfide) groups is 1. The van der Waals surface area contributed by atoms with Gasteiger partial charge in [0.2, 0.25) is 0 Å². The highest BCUT2D eigenvalue weighted by atomic mass is 32.2. The van der Waals surface area contributed by atoms with E-state index in [1.807, 2.05) is 18.9 Å². The van der Waals surface area contributed by atoms with Crippen LogP contribution in [-0.4, -0.2) is 19.0 Å². The Balaban J connectivity index is 1.72. The van der Waals surface area contributed by atoms with E-state index in [0.717, 1.165) is 5.92 Å². The fourth-order valence-corrected chi connectivity index (χ4v) is 3.38. The Morgan fingerprint density at radius 3 is 2.44 bits per heavy atom. The first-order chi connectivity index (χ1) is 7.88. The van der Waals surface area contributed by atoms with Gasteiger partial charge < -0.3 is 4.74 Å². The maximum Gasteiger partial charge on any atom is 0.0571 e. The van der Waals surface area contributed by atoms with Gasteiger partial charge in [0.05, 0.1) is 6.10 Å². The van der Waals surface area contributed by atoms with Gasteiger partial charge >= 0.3 is 0 Å². The molecule has 1 aliphatic rings. The minimum atomic E-state index is 0.526. The van der Waals surface area contributed by atoms with E-state index < -0.39 is 0 Å². The van der Waals surface area contributed by atoms with Crippen molar-refractivity contribution < 1.29 is 4.74 Å². The zero-order valence-electron chi connectivity index (χ0n) is 9.89. The highest BCUT2D eigenvalue weighted by Gasteiger charge is 2.20. The van der Waals surface area contributed by atoms with Crippen molar-refractivity contribution in [3.8, 4) is 0 Å². The summed E-state index contributed by atoms with van der Waals surface area (Å²) >= 11 is 1.99. The van der Waals surface area contributed by atoms with Crippen LogP contribution in [0, 0.1) is 5.92 Å². The fourth-order valence-electron chi connectivity index (χ4n) is 2.27. The van der Waals surface area contributed by atoms with Crippen LogP contribution in [0.5, 0.6) is 0 Å².